The minimum atomic E-state index is 0.666. The highest BCUT2D eigenvalue weighted by Gasteiger charge is 2.24. The van der Waals surface area contributed by atoms with E-state index >= 15 is 0 Å². The molecular weight excluding hydrogens is 220 g/mol. The Kier molecular flexibility index (Phi) is 3.20. The predicted molar refractivity (Wildman–Crippen MR) is 69.1 cm³/mol. The third-order valence-electron chi connectivity index (χ3n) is 2.80. The van der Waals surface area contributed by atoms with Crippen LogP contribution in [0.15, 0.2) is 18.5 Å². The summed E-state index contributed by atoms with van der Waals surface area (Å²) >= 11 is 6.10. The fourth-order valence-electron chi connectivity index (χ4n) is 1.80. The largest absolute Gasteiger partial charge is 0.327 e. The van der Waals surface area contributed by atoms with E-state index in [0.29, 0.717) is 6.04 Å². The number of aryl methyl sites for hydroxylation is 1. The lowest BCUT2D eigenvalue weighted by Gasteiger charge is -2.02. The molecule has 1 aliphatic carbocycles. The van der Waals surface area contributed by atoms with Crippen molar-refractivity contribution in [1.29, 1.82) is 0 Å². The summed E-state index contributed by atoms with van der Waals surface area (Å²) in [4.78, 5) is 4.39. The Morgan fingerprint density at radius 3 is 2.62 bits per heavy atom. The van der Waals surface area contributed by atoms with Crippen molar-refractivity contribution in [1.82, 2.24) is 9.55 Å². The lowest BCUT2D eigenvalue weighted by molar-refractivity contribution is 0.766. The molecule has 1 aliphatic rings. The first-order valence-electron chi connectivity index (χ1n) is 5.88. The molecule has 16 heavy (non-hydrogen) atoms. The molecule has 0 bridgehead atoms. The molecule has 0 saturated heterocycles. The summed E-state index contributed by atoms with van der Waals surface area (Å²) in [6.07, 6.45) is 4.48. The van der Waals surface area contributed by atoms with E-state index in [1.54, 1.807) is 0 Å². The van der Waals surface area contributed by atoms with E-state index in [0.717, 1.165) is 16.1 Å². The molecule has 2 aromatic rings. The van der Waals surface area contributed by atoms with Gasteiger partial charge in [0, 0.05) is 11.1 Å². The minimum absolute atomic E-state index is 0.666. The van der Waals surface area contributed by atoms with Gasteiger partial charge in [-0.05, 0) is 37.5 Å². The highest BCUT2D eigenvalue weighted by atomic mass is 35.5. The highest BCUT2D eigenvalue weighted by Crippen LogP contribution is 2.37. The van der Waals surface area contributed by atoms with Crippen molar-refractivity contribution in [3.8, 4) is 0 Å². The van der Waals surface area contributed by atoms with Crippen LogP contribution in [0.4, 0.5) is 0 Å². The Morgan fingerprint density at radius 1 is 1.31 bits per heavy atom. The minimum Gasteiger partial charge on any atom is -0.327 e. The van der Waals surface area contributed by atoms with E-state index in [-0.39, 0.29) is 0 Å². The molecule has 0 atom stereocenters. The molecule has 1 heterocycles. The number of hydrogen-bond acceptors (Lipinski definition) is 1. The number of benzene rings is 1. The normalized spacial score (nSPS) is 14.8. The number of nitrogens with zero attached hydrogens (tertiary/aromatic N) is 2. The van der Waals surface area contributed by atoms with Crippen molar-refractivity contribution in [3.05, 3.63) is 29.0 Å². The lowest BCUT2D eigenvalue weighted by Crippen LogP contribution is -1.90. The van der Waals surface area contributed by atoms with Gasteiger partial charge < -0.3 is 4.57 Å². The van der Waals surface area contributed by atoms with Crippen LogP contribution in [0.1, 0.15) is 38.3 Å². The molecule has 1 aromatic carbocycles. The number of aromatic nitrogens is 2. The maximum absolute atomic E-state index is 6.10. The van der Waals surface area contributed by atoms with Crippen molar-refractivity contribution in [2.24, 2.45) is 0 Å². The highest BCUT2D eigenvalue weighted by molar-refractivity contribution is 6.32. The van der Waals surface area contributed by atoms with Crippen LogP contribution in [-0.2, 0) is 0 Å². The number of hydrogen-bond donors (Lipinski definition) is 0. The second kappa shape index (κ2) is 4.46. The molecule has 0 radical (unpaired) electrons. The molecule has 1 fully saturated rings. The number of fused-ring (bicyclic) bond motifs is 1. The fourth-order valence-corrected chi connectivity index (χ4v) is 1.95. The number of halogens is 1. The van der Waals surface area contributed by atoms with Crippen LogP contribution in [0.5, 0.6) is 0 Å². The van der Waals surface area contributed by atoms with Crippen LogP contribution < -0.4 is 0 Å². The Bertz CT molecular complexity index is 498. The maximum Gasteiger partial charge on any atom is 0.0960 e. The van der Waals surface area contributed by atoms with Crippen LogP contribution in [0.2, 0.25) is 5.02 Å². The van der Waals surface area contributed by atoms with E-state index in [1.807, 2.05) is 33.2 Å². The van der Waals surface area contributed by atoms with Gasteiger partial charge in [0.1, 0.15) is 0 Å². The summed E-state index contributed by atoms with van der Waals surface area (Å²) in [5, 5.41) is 0.833. The average Bonchev–Trinajstić information content (AvgIpc) is 3.06. The molecular formula is C13H17ClN2. The van der Waals surface area contributed by atoms with Crippen LogP contribution in [0, 0.1) is 6.92 Å². The summed E-state index contributed by atoms with van der Waals surface area (Å²) in [5.74, 6) is 0. The molecule has 1 saturated carbocycles. The molecule has 3 rings (SSSR count). The summed E-state index contributed by atoms with van der Waals surface area (Å²) in [5.41, 5.74) is 3.32. The first kappa shape index (κ1) is 11.5. The number of rotatable bonds is 1. The van der Waals surface area contributed by atoms with Crippen LogP contribution in [0.25, 0.3) is 11.0 Å². The van der Waals surface area contributed by atoms with Gasteiger partial charge in [-0.2, -0.15) is 0 Å². The van der Waals surface area contributed by atoms with Crippen molar-refractivity contribution in [2.45, 2.75) is 39.7 Å². The SMILES string of the molecule is CC.Cc1cc2ncn(C3CC3)c2cc1Cl. The third kappa shape index (κ3) is 1.94. The quantitative estimate of drug-likeness (QED) is 0.720. The summed E-state index contributed by atoms with van der Waals surface area (Å²) in [7, 11) is 0. The Morgan fingerprint density at radius 2 is 2.00 bits per heavy atom. The first-order chi connectivity index (χ1) is 7.75. The van der Waals surface area contributed by atoms with Gasteiger partial charge in [-0.3, -0.25) is 0 Å². The molecule has 3 heteroatoms. The Labute approximate surface area is 101 Å². The third-order valence-corrected chi connectivity index (χ3v) is 3.20. The zero-order chi connectivity index (χ0) is 11.7. The van der Waals surface area contributed by atoms with E-state index in [9.17, 15) is 0 Å². The summed E-state index contributed by atoms with van der Waals surface area (Å²) < 4.78 is 2.24. The summed E-state index contributed by atoms with van der Waals surface area (Å²) in [6, 6.07) is 4.74. The van der Waals surface area contributed by atoms with Gasteiger partial charge >= 0.3 is 0 Å². The zero-order valence-electron chi connectivity index (χ0n) is 10.00. The van der Waals surface area contributed by atoms with Crippen molar-refractivity contribution in [2.75, 3.05) is 0 Å². The summed E-state index contributed by atoms with van der Waals surface area (Å²) in [6.45, 7) is 6.01. The molecule has 2 nitrogen and oxygen atoms in total. The molecule has 0 amide bonds. The topological polar surface area (TPSA) is 17.8 Å². The lowest BCUT2D eigenvalue weighted by atomic mass is 10.2. The predicted octanol–water partition coefficient (Wildman–Crippen LogP) is 4.36. The van der Waals surface area contributed by atoms with Crippen LogP contribution in [-0.4, -0.2) is 9.55 Å². The van der Waals surface area contributed by atoms with Gasteiger partial charge in [-0.15, -0.1) is 0 Å². The van der Waals surface area contributed by atoms with Gasteiger partial charge in [-0.25, -0.2) is 4.98 Å². The second-order valence-corrected chi connectivity index (χ2v) is 4.38. The van der Waals surface area contributed by atoms with E-state index < -0.39 is 0 Å². The molecule has 0 N–H and O–H groups in total. The molecule has 0 spiro atoms. The number of imidazole rings is 1. The monoisotopic (exact) mass is 236 g/mol. The molecule has 0 unspecified atom stereocenters. The van der Waals surface area contributed by atoms with Crippen molar-refractivity contribution in [3.63, 3.8) is 0 Å². The van der Waals surface area contributed by atoms with Gasteiger partial charge in [0.2, 0.25) is 0 Å². The van der Waals surface area contributed by atoms with E-state index in [4.69, 9.17) is 11.6 Å². The first-order valence-corrected chi connectivity index (χ1v) is 6.26. The van der Waals surface area contributed by atoms with E-state index in [1.165, 1.54) is 18.4 Å². The van der Waals surface area contributed by atoms with Crippen molar-refractivity contribution < 1.29 is 0 Å². The second-order valence-electron chi connectivity index (χ2n) is 3.97. The smallest absolute Gasteiger partial charge is 0.0960 e. The van der Waals surface area contributed by atoms with Crippen LogP contribution in [0.3, 0.4) is 0 Å². The molecule has 86 valence electrons. The molecule has 1 aromatic heterocycles. The standard InChI is InChI=1S/C11H11ClN2.C2H6/c1-7-4-10-11(5-9(7)12)14(6-13-10)8-2-3-8;1-2/h4-6,8H,2-3H2,1H3;1-2H3. The van der Waals surface area contributed by atoms with Gasteiger partial charge in [0.15, 0.2) is 0 Å². The Balaban J connectivity index is 0.000000457. The van der Waals surface area contributed by atoms with E-state index in [2.05, 4.69) is 15.6 Å². The van der Waals surface area contributed by atoms with Gasteiger partial charge in [0.25, 0.3) is 0 Å². The maximum atomic E-state index is 6.10. The molecule has 0 aliphatic heterocycles. The van der Waals surface area contributed by atoms with Crippen molar-refractivity contribution >= 4 is 22.6 Å². The van der Waals surface area contributed by atoms with Gasteiger partial charge in [0.05, 0.1) is 17.4 Å². The Hall–Kier alpha value is -1.02. The van der Waals surface area contributed by atoms with Crippen LogP contribution >= 0.6 is 11.6 Å². The fraction of sp³-hybridized carbons (Fsp3) is 0.462. The zero-order valence-corrected chi connectivity index (χ0v) is 10.8. The van der Waals surface area contributed by atoms with Gasteiger partial charge in [-0.1, -0.05) is 25.4 Å². The average molecular weight is 237 g/mol.